The number of carbonyl (C=O) groups is 1. The molecule has 1 aromatic heterocycles. The SMILES string of the molecule is CC(=O)CCc1cc2c3c(c1)c(Br)cn3CCC2. The zero-order chi connectivity index (χ0) is 12.7. The molecule has 0 amide bonds. The number of aromatic nitrogens is 1. The number of hydrogen-bond acceptors (Lipinski definition) is 1. The Kier molecular flexibility index (Phi) is 3.02. The molecule has 1 aliphatic rings. The molecule has 0 aliphatic carbocycles. The quantitative estimate of drug-likeness (QED) is 0.843. The van der Waals surface area contributed by atoms with Crippen LogP contribution in [0, 0.1) is 0 Å². The lowest BCUT2D eigenvalue weighted by Gasteiger charge is -2.16. The minimum absolute atomic E-state index is 0.264. The summed E-state index contributed by atoms with van der Waals surface area (Å²) >= 11 is 3.65. The van der Waals surface area contributed by atoms with E-state index in [1.54, 1.807) is 6.92 Å². The molecule has 18 heavy (non-hydrogen) atoms. The van der Waals surface area contributed by atoms with E-state index in [1.807, 2.05) is 0 Å². The van der Waals surface area contributed by atoms with Crippen LogP contribution in [0.1, 0.15) is 30.9 Å². The Balaban J connectivity index is 2.09. The number of rotatable bonds is 3. The van der Waals surface area contributed by atoms with Gasteiger partial charge in [-0.05, 0) is 59.3 Å². The number of benzene rings is 1. The average molecular weight is 306 g/mol. The first-order chi connectivity index (χ1) is 8.65. The third-order valence-electron chi connectivity index (χ3n) is 3.67. The Morgan fingerprint density at radius 2 is 2.28 bits per heavy atom. The molecule has 0 radical (unpaired) electrons. The highest BCUT2D eigenvalue weighted by Crippen LogP contribution is 2.33. The van der Waals surface area contributed by atoms with E-state index in [2.05, 4.69) is 38.8 Å². The zero-order valence-electron chi connectivity index (χ0n) is 10.5. The molecular weight excluding hydrogens is 290 g/mol. The number of halogens is 1. The molecule has 1 aromatic carbocycles. The van der Waals surface area contributed by atoms with Crippen LogP contribution in [0.5, 0.6) is 0 Å². The van der Waals surface area contributed by atoms with Crippen LogP contribution >= 0.6 is 15.9 Å². The molecule has 94 valence electrons. The Hall–Kier alpha value is -1.09. The summed E-state index contributed by atoms with van der Waals surface area (Å²) in [4.78, 5) is 11.1. The zero-order valence-corrected chi connectivity index (χ0v) is 12.1. The van der Waals surface area contributed by atoms with Gasteiger partial charge in [-0.2, -0.15) is 0 Å². The van der Waals surface area contributed by atoms with E-state index in [9.17, 15) is 4.79 Å². The molecule has 3 heteroatoms. The van der Waals surface area contributed by atoms with Crippen molar-refractivity contribution in [1.29, 1.82) is 0 Å². The number of nitrogens with zero attached hydrogens (tertiary/aromatic N) is 1. The third kappa shape index (κ3) is 2.01. The van der Waals surface area contributed by atoms with Gasteiger partial charge in [-0.1, -0.05) is 6.07 Å². The largest absolute Gasteiger partial charge is 0.346 e. The first kappa shape index (κ1) is 12.0. The van der Waals surface area contributed by atoms with E-state index >= 15 is 0 Å². The van der Waals surface area contributed by atoms with E-state index in [1.165, 1.54) is 32.9 Å². The van der Waals surface area contributed by atoms with Crippen molar-refractivity contribution in [2.45, 2.75) is 39.2 Å². The Morgan fingerprint density at radius 1 is 1.44 bits per heavy atom. The number of aryl methyl sites for hydroxylation is 3. The van der Waals surface area contributed by atoms with Crippen LogP contribution in [-0.2, 0) is 24.2 Å². The molecule has 0 saturated carbocycles. The lowest BCUT2D eigenvalue weighted by Crippen LogP contribution is -2.07. The normalized spacial score (nSPS) is 14.1. The van der Waals surface area contributed by atoms with Gasteiger partial charge in [0, 0.05) is 29.0 Å². The first-order valence-electron chi connectivity index (χ1n) is 6.45. The summed E-state index contributed by atoms with van der Waals surface area (Å²) in [5.74, 6) is 0.264. The summed E-state index contributed by atoms with van der Waals surface area (Å²) in [7, 11) is 0. The molecule has 0 bridgehead atoms. The second-order valence-electron chi connectivity index (χ2n) is 5.13. The summed E-state index contributed by atoms with van der Waals surface area (Å²) in [6, 6.07) is 4.51. The molecule has 1 aliphatic heterocycles. The highest BCUT2D eigenvalue weighted by atomic mass is 79.9. The van der Waals surface area contributed by atoms with E-state index < -0.39 is 0 Å². The van der Waals surface area contributed by atoms with Crippen molar-refractivity contribution >= 4 is 32.6 Å². The van der Waals surface area contributed by atoms with Gasteiger partial charge in [-0.25, -0.2) is 0 Å². The van der Waals surface area contributed by atoms with Gasteiger partial charge in [0.15, 0.2) is 0 Å². The van der Waals surface area contributed by atoms with Crippen molar-refractivity contribution in [3.05, 3.63) is 33.9 Å². The minimum Gasteiger partial charge on any atom is -0.346 e. The molecule has 0 atom stereocenters. The maximum Gasteiger partial charge on any atom is 0.130 e. The van der Waals surface area contributed by atoms with Gasteiger partial charge < -0.3 is 9.36 Å². The Labute approximate surface area is 115 Å². The van der Waals surface area contributed by atoms with Crippen LogP contribution in [0.15, 0.2) is 22.8 Å². The van der Waals surface area contributed by atoms with Gasteiger partial charge in [0.2, 0.25) is 0 Å². The van der Waals surface area contributed by atoms with Crippen molar-refractivity contribution in [3.8, 4) is 0 Å². The molecule has 0 spiro atoms. The van der Waals surface area contributed by atoms with Crippen LogP contribution < -0.4 is 0 Å². The maximum atomic E-state index is 11.1. The van der Waals surface area contributed by atoms with Gasteiger partial charge >= 0.3 is 0 Å². The van der Waals surface area contributed by atoms with E-state index in [-0.39, 0.29) is 5.78 Å². The summed E-state index contributed by atoms with van der Waals surface area (Å²) in [6.07, 6.45) is 6.04. The van der Waals surface area contributed by atoms with Crippen LogP contribution in [0.3, 0.4) is 0 Å². The molecular formula is C15H16BrNO. The Morgan fingerprint density at radius 3 is 3.06 bits per heavy atom. The van der Waals surface area contributed by atoms with Crippen molar-refractivity contribution < 1.29 is 4.79 Å². The van der Waals surface area contributed by atoms with Crippen LogP contribution in [0.2, 0.25) is 0 Å². The van der Waals surface area contributed by atoms with Gasteiger partial charge in [0.05, 0.1) is 5.52 Å². The third-order valence-corrected chi connectivity index (χ3v) is 4.31. The molecule has 0 unspecified atom stereocenters. The molecule has 2 nitrogen and oxygen atoms in total. The molecule has 2 aromatic rings. The molecule has 0 fully saturated rings. The predicted octanol–water partition coefficient (Wildman–Crippen LogP) is 3.87. The number of ketones is 1. The summed E-state index contributed by atoms with van der Waals surface area (Å²) < 4.78 is 3.51. The molecule has 3 rings (SSSR count). The summed E-state index contributed by atoms with van der Waals surface area (Å²) in [5, 5.41) is 1.30. The lowest BCUT2D eigenvalue weighted by atomic mass is 9.98. The van der Waals surface area contributed by atoms with E-state index in [4.69, 9.17) is 0 Å². The first-order valence-corrected chi connectivity index (χ1v) is 7.24. The predicted molar refractivity (Wildman–Crippen MR) is 77.0 cm³/mol. The standard InChI is InChI=1S/C15H16BrNO/c1-10(18)4-5-11-7-12-3-2-6-17-9-14(16)13(8-11)15(12)17/h7-9H,2-6H2,1H3. The molecule has 2 heterocycles. The summed E-state index contributed by atoms with van der Waals surface area (Å²) in [5.41, 5.74) is 4.09. The highest BCUT2D eigenvalue weighted by molar-refractivity contribution is 9.10. The van der Waals surface area contributed by atoms with Crippen molar-refractivity contribution in [1.82, 2.24) is 4.57 Å². The van der Waals surface area contributed by atoms with Crippen LogP contribution in [0.25, 0.3) is 10.9 Å². The minimum atomic E-state index is 0.264. The number of Topliss-reactive ketones (excluding diaryl/α,β-unsaturated/α-hetero) is 1. The number of carbonyl (C=O) groups excluding carboxylic acids is 1. The summed E-state index contributed by atoms with van der Waals surface area (Å²) in [6.45, 7) is 2.77. The molecule has 0 N–H and O–H groups in total. The van der Waals surface area contributed by atoms with E-state index in [0.717, 1.165) is 19.4 Å². The fraction of sp³-hybridized carbons (Fsp3) is 0.400. The fourth-order valence-electron chi connectivity index (χ4n) is 2.82. The van der Waals surface area contributed by atoms with Crippen LogP contribution in [0.4, 0.5) is 0 Å². The van der Waals surface area contributed by atoms with Crippen molar-refractivity contribution in [3.63, 3.8) is 0 Å². The average Bonchev–Trinajstić information content (AvgIpc) is 2.66. The fourth-order valence-corrected chi connectivity index (χ4v) is 3.37. The van der Waals surface area contributed by atoms with Gasteiger partial charge in [-0.3, -0.25) is 0 Å². The topological polar surface area (TPSA) is 22.0 Å². The Bertz CT molecular complexity index is 627. The monoisotopic (exact) mass is 305 g/mol. The van der Waals surface area contributed by atoms with Crippen molar-refractivity contribution in [2.75, 3.05) is 0 Å². The second-order valence-corrected chi connectivity index (χ2v) is 5.98. The van der Waals surface area contributed by atoms with Gasteiger partial charge in [0.1, 0.15) is 5.78 Å². The second kappa shape index (κ2) is 4.54. The lowest BCUT2D eigenvalue weighted by molar-refractivity contribution is -0.116. The smallest absolute Gasteiger partial charge is 0.130 e. The van der Waals surface area contributed by atoms with Crippen LogP contribution in [-0.4, -0.2) is 10.4 Å². The maximum absolute atomic E-state index is 11.1. The van der Waals surface area contributed by atoms with Crippen molar-refractivity contribution in [2.24, 2.45) is 0 Å². The highest BCUT2D eigenvalue weighted by Gasteiger charge is 2.16. The van der Waals surface area contributed by atoms with Gasteiger partial charge in [0.25, 0.3) is 0 Å². The number of hydrogen-bond donors (Lipinski definition) is 0. The van der Waals surface area contributed by atoms with Gasteiger partial charge in [-0.15, -0.1) is 0 Å². The van der Waals surface area contributed by atoms with E-state index in [0.29, 0.717) is 6.42 Å². The molecule has 0 saturated heterocycles.